The number of esters is 2. The number of unbranched alkanes of at least 4 members (excludes halogenated alkanes) is 30. The summed E-state index contributed by atoms with van der Waals surface area (Å²) in [6, 6.07) is 0. The van der Waals surface area contributed by atoms with E-state index in [9.17, 15) is 44.6 Å². The maximum Gasteiger partial charge on any atom is 0.472 e. The van der Waals surface area contributed by atoms with Crippen molar-refractivity contribution in [1.29, 1.82) is 0 Å². The normalized spacial score (nSPS) is 20.7. The van der Waals surface area contributed by atoms with Crippen LogP contribution in [-0.2, 0) is 32.7 Å². The Morgan fingerprint density at radius 3 is 1.19 bits per heavy atom. The molecule has 1 rings (SSSR count). The van der Waals surface area contributed by atoms with Crippen molar-refractivity contribution in [1.82, 2.24) is 0 Å². The second-order valence-electron chi connectivity index (χ2n) is 20.5. The van der Waals surface area contributed by atoms with E-state index in [0.717, 1.165) is 83.5 Å². The number of allylic oxidation sites excluding steroid dienone is 8. The van der Waals surface area contributed by atoms with E-state index in [1.807, 2.05) is 0 Å². The van der Waals surface area contributed by atoms with Gasteiger partial charge in [-0.25, -0.2) is 4.57 Å². The highest BCUT2D eigenvalue weighted by molar-refractivity contribution is 7.47. The summed E-state index contributed by atoms with van der Waals surface area (Å²) in [6.07, 6.45) is 47.3. The number of rotatable bonds is 50. The molecule has 0 aromatic rings. The Labute approximate surface area is 443 Å². The Bertz CT molecular complexity index is 1450. The van der Waals surface area contributed by atoms with Gasteiger partial charge in [0.05, 0.1) is 6.61 Å². The molecule has 0 heterocycles. The Kier molecular flexibility index (Phi) is 45.4. The Morgan fingerprint density at radius 2 is 0.781 bits per heavy atom. The number of carbonyl (C=O) groups is 2. The second kappa shape index (κ2) is 48.2. The van der Waals surface area contributed by atoms with Crippen LogP contribution >= 0.6 is 7.82 Å². The first-order valence-electron chi connectivity index (χ1n) is 29.4. The largest absolute Gasteiger partial charge is 0.472 e. The highest BCUT2D eigenvalue weighted by Gasteiger charge is 2.51. The Hall–Kier alpha value is -2.19. The summed E-state index contributed by atoms with van der Waals surface area (Å²) in [5.74, 6) is -1.10. The van der Waals surface area contributed by atoms with Crippen LogP contribution in [0.15, 0.2) is 48.6 Å². The molecule has 6 unspecified atom stereocenters. The lowest BCUT2D eigenvalue weighted by Gasteiger charge is -2.41. The molecule has 0 radical (unpaired) electrons. The number of hydrogen-bond acceptors (Lipinski definition) is 12. The van der Waals surface area contributed by atoms with Gasteiger partial charge >= 0.3 is 19.8 Å². The number of aliphatic hydroxyl groups excluding tert-OH is 5. The molecule has 1 fully saturated rings. The summed E-state index contributed by atoms with van der Waals surface area (Å²) in [5, 5.41) is 50.4. The average molecular weight is 1060 g/mol. The van der Waals surface area contributed by atoms with Crippen molar-refractivity contribution in [3.8, 4) is 0 Å². The van der Waals surface area contributed by atoms with E-state index in [1.54, 1.807) is 0 Å². The van der Waals surface area contributed by atoms with Crippen LogP contribution in [0.5, 0.6) is 0 Å². The molecule has 426 valence electrons. The fourth-order valence-corrected chi connectivity index (χ4v) is 10.0. The van der Waals surface area contributed by atoms with Gasteiger partial charge in [0, 0.05) is 12.8 Å². The van der Waals surface area contributed by atoms with Gasteiger partial charge in [-0.05, 0) is 51.4 Å². The fraction of sp³-hybridized carbons (Fsp3) is 0.831. The smallest absolute Gasteiger partial charge is 0.462 e. The first kappa shape index (κ1) is 68.8. The predicted molar refractivity (Wildman–Crippen MR) is 295 cm³/mol. The molecule has 6 N–H and O–H groups in total. The van der Waals surface area contributed by atoms with Gasteiger partial charge in [0.15, 0.2) is 6.10 Å². The van der Waals surface area contributed by atoms with Crippen LogP contribution < -0.4 is 0 Å². The van der Waals surface area contributed by atoms with Gasteiger partial charge in [-0.3, -0.25) is 18.6 Å². The van der Waals surface area contributed by atoms with Crippen molar-refractivity contribution >= 4 is 19.8 Å². The van der Waals surface area contributed by atoms with Gasteiger partial charge in [0.2, 0.25) is 0 Å². The van der Waals surface area contributed by atoms with Gasteiger partial charge in [-0.15, -0.1) is 0 Å². The SMILES string of the molecule is CC/C=C\C/C=C\C/C=C\C/C=C\CCCCCCCCCCC(=O)OC(COC(=O)CCCCCCCCCCCCCCCCCCCCCCCCC)COP(=O)(O)OC1C(O)C(O)C(O)C(O)C1O. The summed E-state index contributed by atoms with van der Waals surface area (Å²) < 4.78 is 33.8. The van der Waals surface area contributed by atoms with Gasteiger partial charge < -0.3 is 39.9 Å². The molecular weight excluding hydrogens is 948 g/mol. The summed E-state index contributed by atoms with van der Waals surface area (Å²) in [5.41, 5.74) is 0. The van der Waals surface area contributed by atoms with Crippen LogP contribution in [0.4, 0.5) is 0 Å². The molecule has 0 aromatic carbocycles. The summed E-state index contributed by atoms with van der Waals surface area (Å²) >= 11 is 0. The minimum atomic E-state index is -5.13. The standard InChI is InChI=1S/C59H107O13P/c1-3-5-7-9-11-13-15-17-19-21-23-25-26-28-29-31-33-35-37-39-41-43-45-47-52(60)69-49-51(50-70-73(67,68)72-59-57(65)55(63)54(62)56(64)58(59)66)71-53(61)48-46-44-42-40-38-36-34-32-30-27-24-22-20-18-16-14-12-10-8-6-4-2/h6,8,12,14,18,20,24,27,51,54-59,62-66H,3-5,7,9-11,13,15-17,19,21-23,25-26,28-50H2,1-2H3,(H,67,68)/b8-6-,14-12-,20-18-,27-24-. The lowest BCUT2D eigenvalue weighted by Crippen LogP contribution is -2.64. The summed E-state index contributed by atoms with van der Waals surface area (Å²) in [4.78, 5) is 36.0. The van der Waals surface area contributed by atoms with Crippen LogP contribution in [0.2, 0.25) is 0 Å². The molecular formula is C59H107O13P. The van der Waals surface area contributed by atoms with Gasteiger partial charge in [0.25, 0.3) is 0 Å². The molecule has 0 aliphatic heterocycles. The molecule has 0 saturated heterocycles. The van der Waals surface area contributed by atoms with Crippen LogP contribution in [-0.4, -0.2) is 98.3 Å². The zero-order valence-electron chi connectivity index (χ0n) is 45.9. The van der Waals surface area contributed by atoms with Crippen molar-refractivity contribution in [2.75, 3.05) is 13.2 Å². The maximum atomic E-state index is 12.9. The number of phosphoric ester groups is 1. The first-order chi connectivity index (χ1) is 35.4. The molecule has 0 spiro atoms. The first-order valence-corrected chi connectivity index (χ1v) is 30.9. The third-order valence-corrected chi connectivity index (χ3v) is 14.7. The van der Waals surface area contributed by atoms with Gasteiger partial charge in [-0.1, -0.05) is 242 Å². The molecule has 1 saturated carbocycles. The van der Waals surface area contributed by atoms with Crippen LogP contribution in [0, 0.1) is 0 Å². The number of aliphatic hydroxyl groups is 5. The van der Waals surface area contributed by atoms with Crippen LogP contribution in [0.25, 0.3) is 0 Å². The summed E-state index contributed by atoms with van der Waals surface area (Å²) in [7, 11) is -5.13. The minimum absolute atomic E-state index is 0.0880. The zero-order chi connectivity index (χ0) is 53.5. The van der Waals surface area contributed by atoms with E-state index in [2.05, 4.69) is 62.5 Å². The number of carbonyl (C=O) groups excluding carboxylic acids is 2. The number of phosphoric acid groups is 1. The lowest BCUT2D eigenvalue weighted by atomic mass is 9.85. The quantitative estimate of drug-likeness (QED) is 0.0145. The molecule has 1 aliphatic rings. The molecule has 6 atom stereocenters. The van der Waals surface area contributed by atoms with Crippen LogP contribution in [0.3, 0.4) is 0 Å². The van der Waals surface area contributed by atoms with E-state index in [1.165, 1.54) is 135 Å². The van der Waals surface area contributed by atoms with Crippen molar-refractivity contribution in [3.63, 3.8) is 0 Å². The molecule has 0 bridgehead atoms. The van der Waals surface area contributed by atoms with Crippen molar-refractivity contribution in [2.24, 2.45) is 0 Å². The number of hydrogen-bond donors (Lipinski definition) is 6. The maximum absolute atomic E-state index is 12.9. The zero-order valence-corrected chi connectivity index (χ0v) is 46.8. The van der Waals surface area contributed by atoms with Crippen molar-refractivity contribution in [3.05, 3.63) is 48.6 Å². The predicted octanol–water partition coefficient (Wildman–Crippen LogP) is 13.9. The topological polar surface area (TPSA) is 210 Å². The Morgan fingerprint density at radius 1 is 0.438 bits per heavy atom. The van der Waals surface area contributed by atoms with Crippen molar-refractivity contribution in [2.45, 2.75) is 301 Å². The van der Waals surface area contributed by atoms with E-state index >= 15 is 0 Å². The molecule has 0 aromatic heterocycles. The minimum Gasteiger partial charge on any atom is -0.462 e. The highest BCUT2D eigenvalue weighted by Crippen LogP contribution is 2.47. The van der Waals surface area contributed by atoms with E-state index in [-0.39, 0.29) is 12.8 Å². The van der Waals surface area contributed by atoms with E-state index in [0.29, 0.717) is 12.8 Å². The third-order valence-electron chi connectivity index (χ3n) is 13.7. The fourth-order valence-electron chi connectivity index (χ4n) is 9.05. The highest BCUT2D eigenvalue weighted by atomic mass is 31.2. The third kappa shape index (κ3) is 39.8. The van der Waals surface area contributed by atoms with E-state index in [4.69, 9.17) is 18.5 Å². The molecule has 73 heavy (non-hydrogen) atoms. The molecule has 1 aliphatic carbocycles. The number of ether oxygens (including phenoxy) is 2. The lowest BCUT2D eigenvalue weighted by molar-refractivity contribution is -0.220. The Balaban J connectivity index is 2.32. The average Bonchev–Trinajstić information content (AvgIpc) is 3.37. The summed E-state index contributed by atoms with van der Waals surface area (Å²) in [6.45, 7) is 3.24. The van der Waals surface area contributed by atoms with Gasteiger partial charge in [0.1, 0.15) is 43.2 Å². The molecule has 13 nitrogen and oxygen atoms in total. The van der Waals surface area contributed by atoms with Gasteiger partial charge in [-0.2, -0.15) is 0 Å². The van der Waals surface area contributed by atoms with Crippen molar-refractivity contribution < 1.29 is 63.1 Å². The van der Waals surface area contributed by atoms with E-state index < -0.39 is 75.7 Å². The second-order valence-corrected chi connectivity index (χ2v) is 21.9. The monoisotopic (exact) mass is 1050 g/mol. The molecule has 14 heteroatoms. The molecule has 0 amide bonds. The van der Waals surface area contributed by atoms with Crippen LogP contribution in [0.1, 0.15) is 258 Å².